The van der Waals surface area contributed by atoms with E-state index in [1.54, 1.807) is 0 Å². The van der Waals surface area contributed by atoms with Crippen LogP contribution in [0.4, 0.5) is 0 Å². The number of hydroxylamine groups is 2. The van der Waals surface area contributed by atoms with Gasteiger partial charge in [0.2, 0.25) is 5.91 Å². The van der Waals surface area contributed by atoms with Crippen LogP contribution in [-0.2, 0) is 57.2 Å². The molecule has 4 aliphatic rings. The summed E-state index contributed by atoms with van der Waals surface area (Å²) in [6, 6.07) is 0. The number of hydrogen-bond acceptors (Lipinski definition) is 24. The van der Waals surface area contributed by atoms with E-state index in [0.717, 1.165) is 32.0 Å². The van der Waals surface area contributed by atoms with E-state index >= 15 is 0 Å². The minimum atomic E-state index is -1.88. The molecule has 0 radical (unpaired) electrons. The standard InChI is InChI=1S/C32H58N2O18.C5H5NO4.C2H7N/c1-2-3-4-5-7-34-20(38)11-16(6-9-35)12-33-8-10-47-31-28(46)29(52-32-27(45)25(43)22(40)18(14-37)50-32)23(41)19(51-31)15-48-30-26(44)24(42)21(39)17(13-36)49-30;7-3-10-6-4(8)1-2-5(6)9;1-3-2/h9,16-19,21-33,36-37,39-46H,2-8,10-15H2,1H3,(H,34,38);3H,1-2H2;3H,1-2H3/t16?,17?,18?,19?,21-,22-,23-,24?,25?,26?,27?,28?,29?,30+,31+,32-;;/m1../s1. The monoisotopic (exact) mass is 946 g/mol. The van der Waals surface area contributed by atoms with Crippen LogP contribution in [0.3, 0.4) is 0 Å². The summed E-state index contributed by atoms with van der Waals surface area (Å²) in [6.45, 7) is 0.959. The van der Waals surface area contributed by atoms with Crippen LogP contribution in [0.15, 0.2) is 0 Å². The van der Waals surface area contributed by atoms with Crippen molar-refractivity contribution in [2.45, 2.75) is 150 Å². The maximum Gasteiger partial charge on any atom is 0.321 e. The van der Waals surface area contributed by atoms with Gasteiger partial charge < -0.3 is 105 Å². The van der Waals surface area contributed by atoms with E-state index in [4.69, 9.17) is 28.4 Å². The smallest absolute Gasteiger partial charge is 0.321 e. The summed E-state index contributed by atoms with van der Waals surface area (Å²) in [5.41, 5.74) is 0. The Hall–Kier alpha value is -2.97. The van der Waals surface area contributed by atoms with Gasteiger partial charge in [0.25, 0.3) is 11.8 Å². The van der Waals surface area contributed by atoms with Crippen molar-refractivity contribution < 1.29 is 108 Å². The minimum Gasteiger partial charge on any atom is -0.394 e. The van der Waals surface area contributed by atoms with E-state index in [9.17, 15) is 75.0 Å². The van der Waals surface area contributed by atoms with Crippen molar-refractivity contribution in [2.24, 2.45) is 5.92 Å². The second-order valence-electron chi connectivity index (χ2n) is 15.6. The minimum absolute atomic E-state index is 0.0567. The lowest BCUT2D eigenvalue weighted by Gasteiger charge is -2.46. The van der Waals surface area contributed by atoms with Crippen molar-refractivity contribution in [1.29, 1.82) is 0 Å². The third-order valence-electron chi connectivity index (χ3n) is 10.5. The van der Waals surface area contributed by atoms with E-state index in [1.165, 1.54) is 0 Å². The number of nitrogens with one attached hydrogen (secondary N) is 3. The van der Waals surface area contributed by atoms with E-state index in [0.29, 0.717) is 11.6 Å². The lowest BCUT2D eigenvalue weighted by atomic mass is 9.96. The first-order valence-electron chi connectivity index (χ1n) is 21.5. The van der Waals surface area contributed by atoms with E-state index in [2.05, 4.69) is 27.7 Å². The molecule has 4 rings (SSSR count). The van der Waals surface area contributed by atoms with Gasteiger partial charge in [0.05, 0.1) is 26.4 Å². The Labute approximate surface area is 376 Å². The fourth-order valence-electron chi connectivity index (χ4n) is 6.83. The molecule has 4 saturated heterocycles. The second kappa shape index (κ2) is 31.1. The van der Waals surface area contributed by atoms with Gasteiger partial charge in [-0.1, -0.05) is 26.2 Å². The Morgan fingerprint density at radius 3 is 1.85 bits per heavy atom. The van der Waals surface area contributed by atoms with E-state index < -0.39 is 124 Å². The zero-order valence-electron chi connectivity index (χ0n) is 36.8. The highest BCUT2D eigenvalue weighted by molar-refractivity contribution is 6.01. The molecule has 16 atom stereocenters. The number of nitrogens with zero attached hydrogens (tertiary/aromatic N) is 1. The molecule has 0 saturated carbocycles. The zero-order chi connectivity index (χ0) is 48.6. The number of aliphatic hydroxyl groups is 10. The van der Waals surface area contributed by atoms with Crippen LogP contribution in [0.25, 0.3) is 0 Å². The van der Waals surface area contributed by atoms with Crippen LogP contribution < -0.4 is 16.0 Å². The Bertz CT molecular complexity index is 1370. The van der Waals surface area contributed by atoms with Gasteiger partial charge in [-0.05, 0) is 33.0 Å². The van der Waals surface area contributed by atoms with Gasteiger partial charge in [-0.25, -0.2) is 0 Å². The van der Waals surface area contributed by atoms with E-state index in [1.807, 2.05) is 14.1 Å². The number of hydrogen-bond donors (Lipinski definition) is 13. The maximum atomic E-state index is 12.4. The number of rotatable bonds is 24. The molecule has 4 fully saturated rings. The molecule has 0 aromatic carbocycles. The van der Waals surface area contributed by atoms with Crippen LogP contribution in [0.1, 0.15) is 58.3 Å². The molecule has 65 heavy (non-hydrogen) atoms. The Kier molecular flexibility index (Phi) is 27.9. The van der Waals surface area contributed by atoms with Crippen molar-refractivity contribution in [3.8, 4) is 0 Å². The number of aliphatic hydroxyl groups excluding tert-OH is 10. The van der Waals surface area contributed by atoms with Crippen molar-refractivity contribution >= 4 is 30.5 Å². The summed E-state index contributed by atoms with van der Waals surface area (Å²) in [7, 11) is 3.75. The van der Waals surface area contributed by atoms with Crippen LogP contribution in [-0.4, -0.2) is 239 Å². The highest BCUT2D eigenvalue weighted by Crippen LogP contribution is 2.31. The van der Waals surface area contributed by atoms with Gasteiger partial charge in [-0.3, -0.25) is 19.2 Å². The molecule has 26 nitrogen and oxygen atoms in total. The topological polar surface area (TPSA) is 392 Å². The number of aldehydes is 1. The highest BCUT2D eigenvalue weighted by Gasteiger charge is 2.52. The summed E-state index contributed by atoms with van der Waals surface area (Å²) >= 11 is 0. The van der Waals surface area contributed by atoms with Gasteiger partial charge >= 0.3 is 6.47 Å². The Morgan fingerprint density at radius 2 is 1.29 bits per heavy atom. The van der Waals surface area contributed by atoms with Crippen LogP contribution in [0, 0.1) is 5.92 Å². The molecule has 0 bridgehead atoms. The Morgan fingerprint density at radius 1 is 0.738 bits per heavy atom. The number of ether oxygens (including phenoxy) is 6. The fraction of sp³-hybridized carbons (Fsp3) is 0.872. The molecule has 13 N–H and O–H groups in total. The first kappa shape index (κ1) is 58.2. The molecule has 0 spiro atoms. The summed E-state index contributed by atoms with van der Waals surface area (Å²) < 4.78 is 33.4. The maximum absolute atomic E-state index is 12.4. The number of amides is 3. The first-order valence-corrected chi connectivity index (χ1v) is 21.5. The molecular formula is C39H70N4O22. The predicted octanol–water partition coefficient (Wildman–Crippen LogP) is -6.61. The van der Waals surface area contributed by atoms with Crippen LogP contribution >= 0.6 is 0 Å². The van der Waals surface area contributed by atoms with Crippen LogP contribution in [0.2, 0.25) is 0 Å². The normalized spacial score (nSPS) is 34.1. The van der Waals surface area contributed by atoms with Crippen molar-refractivity contribution in [1.82, 2.24) is 21.0 Å². The fourth-order valence-corrected chi connectivity index (χ4v) is 6.83. The highest BCUT2D eigenvalue weighted by atomic mass is 16.8. The van der Waals surface area contributed by atoms with Crippen molar-refractivity contribution in [2.75, 3.05) is 60.2 Å². The summed E-state index contributed by atoms with van der Waals surface area (Å²) in [5, 5.41) is 112. The number of carbonyl (C=O) groups excluding carboxylic acids is 5. The van der Waals surface area contributed by atoms with Gasteiger partial charge in [-0.2, -0.15) is 0 Å². The summed E-state index contributed by atoms with van der Waals surface area (Å²) in [6.07, 6.45) is -19.4. The molecule has 4 heterocycles. The van der Waals surface area contributed by atoms with Crippen molar-refractivity contribution in [3.05, 3.63) is 0 Å². The van der Waals surface area contributed by atoms with Gasteiger partial charge in [-0.15, -0.1) is 5.06 Å². The molecule has 0 aromatic heterocycles. The molecule has 4 aliphatic heterocycles. The lowest BCUT2D eigenvalue weighted by molar-refractivity contribution is -0.366. The number of unbranched alkanes of at least 4 members (excludes halogenated alkanes) is 3. The lowest BCUT2D eigenvalue weighted by Crippen LogP contribution is -2.65. The Balaban J connectivity index is 0.000000961. The predicted molar refractivity (Wildman–Crippen MR) is 217 cm³/mol. The molecule has 10 unspecified atom stereocenters. The molecule has 3 amide bonds. The summed E-state index contributed by atoms with van der Waals surface area (Å²) in [4.78, 5) is 58.5. The number of carbonyl (C=O) groups is 5. The van der Waals surface area contributed by atoms with E-state index in [-0.39, 0.29) is 63.7 Å². The van der Waals surface area contributed by atoms with Gasteiger partial charge in [0, 0.05) is 38.8 Å². The quantitative estimate of drug-likeness (QED) is 0.0243. The second-order valence-corrected chi connectivity index (χ2v) is 15.6. The third kappa shape index (κ3) is 18.2. The molecule has 0 aliphatic carbocycles. The molecular weight excluding hydrogens is 876 g/mol. The average molecular weight is 947 g/mol. The molecule has 26 heteroatoms. The molecule has 0 aromatic rings. The SMILES string of the molecule is CCCCCCNC(=O)CC(CC=O)CNCCO[C@H]1OC(CO[C@H]2OC(CO)[C@@H](O)C(O)C2O)[C@@H](O)C(O[C@H]2OC(CO)[C@@H](O)C(O)C2O)C1O.CNC.O=CON1C(=O)CCC1=O. The third-order valence-corrected chi connectivity index (χ3v) is 10.5. The molecule has 378 valence electrons. The largest absolute Gasteiger partial charge is 0.394 e. The van der Waals surface area contributed by atoms with Crippen LogP contribution in [0.5, 0.6) is 0 Å². The first-order chi connectivity index (χ1) is 31.0. The zero-order valence-corrected chi connectivity index (χ0v) is 36.8. The van der Waals surface area contributed by atoms with Gasteiger partial charge in [0.15, 0.2) is 18.9 Å². The number of imide groups is 1. The average Bonchev–Trinajstić information content (AvgIpc) is 3.60. The summed E-state index contributed by atoms with van der Waals surface area (Å²) in [5.74, 6) is -1.38. The van der Waals surface area contributed by atoms with Crippen molar-refractivity contribution in [3.63, 3.8) is 0 Å². The van der Waals surface area contributed by atoms with Gasteiger partial charge in [0.1, 0.15) is 79.5 Å².